The molecule has 4 aromatic rings. The van der Waals surface area contributed by atoms with E-state index >= 15 is 0 Å². The molecule has 0 bridgehead atoms. The lowest BCUT2D eigenvalue weighted by Crippen LogP contribution is -2.19. The van der Waals surface area contributed by atoms with Gasteiger partial charge in [-0.25, -0.2) is 4.98 Å². The predicted molar refractivity (Wildman–Crippen MR) is 134 cm³/mol. The molecule has 1 aliphatic rings. The molecule has 1 aliphatic carbocycles. The summed E-state index contributed by atoms with van der Waals surface area (Å²) in [5.41, 5.74) is 7.33. The highest BCUT2D eigenvalue weighted by Crippen LogP contribution is 2.35. The second-order valence-corrected chi connectivity index (χ2v) is 8.82. The second-order valence-electron chi connectivity index (χ2n) is 8.82. The number of nitrogens with one attached hydrogen (secondary N) is 2. The first kappa shape index (κ1) is 21.9. The van der Waals surface area contributed by atoms with E-state index in [1.807, 2.05) is 0 Å². The van der Waals surface area contributed by atoms with Crippen LogP contribution in [0.2, 0.25) is 0 Å². The third kappa shape index (κ3) is 4.49. The van der Waals surface area contributed by atoms with E-state index < -0.39 is 0 Å². The van der Waals surface area contributed by atoms with Crippen LogP contribution in [0.4, 0.5) is 0 Å². The van der Waals surface area contributed by atoms with Gasteiger partial charge in [-0.05, 0) is 64.9 Å². The zero-order chi connectivity index (χ0) is 20.3. The summed E-state index contributed by atoms with van der Waals surface area (Å²) in [5.74, 6) is 0.935. The third-order valence-corrected chi connectivity index (χ3v) is 6.92. The number of aryl methyl sites for hydroxylation is 1. The summed E-state index contributed by atoms with van der Waals surface area (Å²) in [6.45, 7) is 4.23. The SMILES string of the molecule is Cc1c(-c2ccc(CNCCC3CCCCC3)c3ccccc23)ccc2[nH]cnc12.Cl. The van der Waals surface area contributed by atoms with Crippen LogP contribution >= 0.6 is 12.4 Å². The topological polar surface area (TPSA) is 40.7 Å². The van der Waals surface area contributed by atoms with Crippen molar-refractivity contribution in [2.45, 2.75) is 52.0 Å². The van der Waals surface area contributed by atoms with Crippen molar-refractivity contribution in [3.05, 3.63) is 66.0 Å². The van der Waals surface area contributed by atoms with Gasteiger partial charge in [0.25, 0.3) is 0 Å². The van der Waals surface area contributed by atoms with E-state index in [9.17, 15) is 0 Å². The Morgan fingerprint density at radius 1 is 0.935 bits per heavy atom. The Morgan fingerprint density at radius 2 is 1.71 bits per heavy atom. The molecule has 162 valence electrons. The summed E-state index contributed by atoms with van der Waals surface area (Å²) in [4.78, 5) is 7.74. The number of halogens is 1. The Morgan fingerprint density at radius 3 is 2.55 bits per heavy atom. The molecule has 0 aliphatic heterocycles. The molecule has 0 radical (unpaired) electrons. The van der Waals surface area contributed by atoms with Crippen molar-refractivity contribution in [2.75, 3.05) is 6.54 Å². The Hall–Kier alpha value is -2.36. The van der Waals surface area contributed by atoms with Crippen LogP contribution in [0.3, 0.4) is 0 Å². The fraction of sp³-hybridized carbons (Fsp3) is 0.370. The van der Waals surface area contributed by atoms with E-state index in [0.29, 0.717) is 0 Å². The summed E-state index contributed by atoms with van der Waals surface area (Å²) in [7, 11) is 0. The average molecular weight is 434 g/mol. The van der Waals surface area contributed by atoms with Crippen LogP contribution in [0.25, 0.3) is 32.9 Å². The second kappa shape index (κ2) is 9.84. The maximum Gasteiger partial charge on any atom is 0.0931 e. The molecule has 3 nitrogen and oxygen atoms in total. The van der Waals surface area contributed by atoms with E-state index in [2.05, 4.69) is 70.7 Å². The van der Waals surface area contributed by atoms with Gasteiger partial charge in [-0.1, -0.05) is 74.6 Å². The van der Waals surface area contributed by atoms with Gasteiger partial charge in [-0.2, -0.15) is 0 Å². The zero-order valence-electron chi connectivity index (χ0n) is 18.3. The number of H-pyrrole nitrogens is 1. The molecule has 1 heterocycles. The van der Waals surface area contributed by atoms with E-state index in [-0.39, 0.29) is 12.4 Å². The van der Waals surface area contributed by atoms with Crippen LogP contribution in [0.15, 0.2) is 54.9 Å². The third-order valence-electron chi connectivity index (χ3n) is 6.92. The first-order valence-corrected chi connectivity index (χ1v) is 11.5. The first-order valence-electron chi connectivity index (χ1n) is 11.5. The van der Waals surface area contributed by atoms with Crippen molar-refractivity contribution in [1.82, 2.24) is 15.3 Å². The van der Waals surface area contributed by atoms with Gasteiger partial charge >= 0.3 is 0 Å². The van der Waals surface area contributed by atoms with E-state index in [4.69, 9.17) is 0 Å². The molecule has 5 rings (SSSR count). The molecule has 0 atom stereocenters. The number of imidazole rings is 1. The minimum Gasteiger partial charge on any atom is -0.345 e. The fourth-order valence-electron chi connectivity index (χ4n) is 5.20. The van der Waals surface area contributed by atoms with Crippen molar-refractivity contribution in [3.8, 4) is 11.1 Å². The molecule has 31 heavy (non-hydrogen) atoms. The van der Waals surface area contributed by atoms with Crippen molar-refractivity contribution in [3.63, 3.8) is 0 Å². The van der Waals surface area contributed by atoms with Crippen molar-refractivity contribution >= 4 is 34.2 Å². The van der Waals surface area contributed by atoms with Gasteiger partial charge < -0.3 is 10.3 Å². The molecule has 3 aromatic carbocycles. The minimum atomic E-state index is 0. The number of aromatic amines is 1. The molecule has 1 fully saturated rings. The summed E-state index contributed by atoms with van der Waals surface area (Å²) < 4.78 is 0. The van der Waals surface area contributed by atoms with Gasteiger partial charge in [0, 0.05) is 6.54 Å². The zero-order valence-corrected chi connectivity index (χ0v) is 19.1. The molecule has 0 saturated heterocycles. The fourth-order valence-corrected chi connectivity index (χ4v) is 5.20. The monoisotopic (exact) mass is 433 g/mol. The lowest BCUT2D eigenvalue weighted by atomic mass is 9.87. The van der Waals surface area contributed by atoms with E-state index in [1.165, 1.54) is 71.6 Å². The van der Waals surface area contributed by atoms with Gasteiger partial charge in [0.15, 0.2) is 0 Å². The molecule has 2 N–H and O–H groups in total. The van der Waals surface area contributed by atoms with Gasteiger partial charge in [0.05, 0.1) is 17.4 Å². The van der Waals surface area contributed by atoms with Crippen molar-refractivity contribution in [1.29, 1.82) is 0 Å². The minimum absolute atomic E-state index is 0. The Bertz CT molecular complexity index is 1160. The molecule has 1 saturated carbocycles. The van der Waals surface area contributed by atoms with Crippen LogP contribution in [0.1, 0.15) is 49.7 Å². The lowest BCUT2D eigenvalue weighted by Gasteiger charge is -2.21. The van der Waals surface area contributed by atoms with E-state index in [1.54, 1.807) is 6.33 Å². The number of fused-ring (bicyclic) bond motifs is 2. The summed E-state index contributed by atoms with van der Waals surface area (Å²) in [5, 5.41) is 6.39. The van der Waals surface area contributed by atoms with E-state index in [0.717, 1.165) is 30.0 Å². The summed E-state index contributed by atoms with van der Waals surface area (Å²) in [6.07, 6.45) is 10.3. The molecule has 0 amide bonds. The first-order chi connectivity index (χ1) is 14.8. The summed E-state index contributed by atoms with van der Waals surface area (Å²) >= 11 is 0. The van der Waals surface area contributed by atoms with Crippen LogP contribution in [-0.2, 0) is 6.54 Å². The van der Waals surface area contributed by atoms with Gasteiger partial charge in [0.1, 0.15) is 0 Å². The number of hydrogen-bond acceptors (Lipinski definition) is 2. The smallest absolute Gasteiger partial charge is 0.0931 e. The predicted octanol–water partition coefficient (Wildman–Crippen LogP) is 7.17. The van der Waals surface area contributed by atoms with Crippen LogP contribution < -0.4 is 5.32 Å². The molecule has 0 unspecified atom stereocenters. The van der Waals surface area contributed by atoms with Crippen LogP contribution in [0.5, 0.6) is 0 Å². The number of benzene rings is 3. The normalized spacial score (nSPS) is 14.7. The Kier molecular flexibility index (Phi) is 6.94. The number of rotatable bonds is 6. The highest BCUT2D eigenvalue weighted by Gasteiger charge is 2.14. The van der Waals surface area contributed by atoms with Crippen LogP contribution in [0, 0.1) is 12.8 Å². The Balaban J connectivity index is 0.00000231. The maximum absolute atomic E-state index is 4.52. The molecule has 0 spiro atoms. The molecule has 4 heteroatoms. The number of aromatic nitrogens is 2. The quantitative estimate of drug-likeness (QED) is 0.316. The highest BCUT2D eigenvalue weighted by molar-refractivity contribution is 6.01. The number of nitrogens with zero attached hydrogens (tertiary/aromatic N) is 1. The van der Waals surface area contributed by atoms with Gasteiger partial charge in [-0.3, -0.25) is 0 Å². The lowest BCUT2D eigenvalue weighted by molar-refractivity contribution is 0.334. The average Bonchev–Trinajstić information content (AvgIpc) is 3.28. The molecular formula is C27H32ClN3. The van der Waals surface area contributed by atoms with Crippen molar-refractivity contribution in [2.24, 2.45) is 5.92 Å². The largest absolute Gasteiger partial charge is 0.345 e. The molecular weight excluding hydrogens is 402 g/mol. The summed E-state index contributed by atoms with van der Waals surface area (Å²) in [6, 6.07) is 17.8. The van der Waals surface area contributed by atoms with Crippen molar-refractivity contribution < 1.29 is 0 Å². The standard InChI is InChI=1S/C27H31N3.ClH/c1-19-22(13-14-26-27(19)30-18-29-26)25-12-11-21(23-9-5-6-10-24(23)25)17-28-16-15-20-7-3-2-4-8-20;/h5-6,9-14,18,20,28H,2-4,7-8,15-17H2,1H3,(H,29,30);1H. The highest BCUT2D eigenvalue weighted by atomic mass is 35.5. The Labute approximate surface area is 191 Å². The number of hydrogen-bond donors (Lipinski definition) is 2. The van der Waals surface area contributed by atoms with Gasteiger partial charge in [0.2, 0.25) is 0 Å². The van der Waals surface area contributed by atoms with Gasteiger partial charge in [-0.15, -0.1) is 12.4 Å². The maximum atomic E-state index is 4.52. The molecule has 1 aromatic heterocycles. The van der Waals surface area contributed by atoms with Crippen LogP contribution in [-0.4, -0.2) is 16.5 Å².